The minimum atomic E-state index is -0.461. The van der Waals surface area contributed by atoms with Gasteiger partial charge in [0.15, 0.2) is 0 Å². The van der Waals surface area contributed by atoms with Gasteiger partial charge >= 0.3 is 0 Å². The van der Waals surface area contributed by atoms with E-state index in [-0.39, 0.29) is 6.04 Å². The summed E-state index contributed by atoms with van der Waals surface area (Å²) in [6.07, 6.45) is -0.461. The molecule has 19 heavy (non-hydrogen) atoms. The van der Waals surface area contributed by atoms with E-state index in [1.807, 2.05) is 41.8 Å². The third-order valence-electron chi connectivity index (χ3n) is 3.09. The average molecular weight is 277 g/mol. The normalized spacial score (nSPS) is 14.1. The highest BCUT2D eigenvalue weighted by Crippen LogP contribution is 2.25. The molecule has 0 spiro atoms. The Hall–Kier alpha value is -1.36. The molecule has 0 amide bonds. The van der Waals surface area contributed by atoms with Crippen LogP contribution in [0, 0.1) is 0 Å². The maximum absolute atomic E-state index is 10.0. The van der Waals surface area contributed by atoms with Gasteiger partial charge < -0.3 is 15.2 Å². The fraction of sp³-hybridized carbons (Fsp3) is 0.333. The minimum Gasteiger partial charge on any atom is -0.496 e. The number of hydrogen-bond acceptors (Lipinski definition) is 4. The van der Waals surface area contributed by atoms with Crippen molar-refractivity contribution in [3.8, 4) is 5.75 Å². The van der Waals surface area contributed by atoms with Gasteiger partial charge in [0.25, 0.3) is 0 Å². The summed E-state index contributed by atoms with van der Waals surface area (Å²) in [5.74, 6) is 0.869. The smallest absolute Gasteiger partial charge is 0.123 e. The predicted molar refractivity (Wildman–Crippen MR) is 78.7 cm³/mol. The fourth-order valence-corrected chi connectivity index (χ4v) is 2.72. The highest BCUT2D eigenvalue weighted by atomic mass is 32.1. The van der Waals surface area contributed by atoms with Gasteiger partial charge in [0.05, 0.1) is 7.11 Å². The topological polar surface area (TPSA) is 41.5 Å². The van der Waals surface area contributed by atoms with Gasteiger partial charge in [0.1, 0.15) is 11.9 Å². The largest absolute Gasteiger partial charge is 0.496 e. The van der Waals surface area contributed by atoms with Crippen molar-refractivity contribution in [2.24, 2.45) is 0 Å². The van der Waals surface area contributed by atoms with Crippen LogP contribution in [0.3, 0.4) is 0 Å². The lowest BCUT2D eigenvalue weighted by Crippen LogP contribution is -2.24. The monoisotopic (exact) mass is 277 g/mol. The molecule has 3 nitrogen and oxygen atoms in total. The number of benzene rings is 1. The van der Waals surface area contributed by atoms with Crippen molar-refractivity contribution in [2.75, 3.05) is 13.7 Å². The Morgan fingerprint density at radius 2 is 2.05 bits per heavy atom. The Bertz CT molecular complexity index is 499. The number of nitrogens with one attached hydrogen (secondary N) is 1. The third kappa shape index (κ3) is 3.56. The van der Waals surface area contributed by atoms with Crippen molar-refractivity contribution >= 4 is 11.3 Å². The molecule has 102 valence electrons. The molecule has 1 aromatic heterocycles. The molecule has 4 heteroatoms. The number of para-hydroxylation sites is 1. The van der Waals surface area contributed by atoms with Crippen LogP contribution in [0.1, 0.15) is 29.5 Å². The first-order valence-electron chi connectivity index (χ1n) is 6.30. The summed E-state index contributed by atoms with van der Waals surface area (Å²) in [5, 5.41) is 15.4. The summed E-state index contributed by atoms with van der Waals surface area (Å²) in [6, 6.07) is 12.0. The van der Waals surface area contributed by atoms with Crippen LogP contribution in [0.4, 0.5) is 0 Å². The van der Waals surface area contributed by atoms with Crippen LogP contribution in [-0.4, -0.2) is 18.8 Å². The molecule has 2 atom stereocenters. The van der Waals surface area contributed by atoms with Gasteiger partial charge in [-0.05, 0) is 24.4 Å². The Labute approximate surface area is 117 Å². The molecule has 0 aliphatic rings. The van der Waals surface area contributed by atoms with E-state index < -0.39 is 6.10 Å². The summed E-state index contributed by atoms with van der Waals surface area (Å²) in [5.41, 5.74) is 1.10. The average Bonchev–Trinajstić information content (AvgIpc) is 2.98. The second-order valence-corrected chi connectivity index (χ2v) is 5.38. The molecule has 0 saturated carbocycles. The molecule has 2 rings (SSSR count). The summed E-state index contributed by atoms with van der Waals surface area (Å²) in [4.78, 5) is 0.986. The van der Waals surface area contributed by atoms with E-state index in [1.165, 1.54) is 0 Å². The molecule has 1 unspecified atom stereocenters. The Morgan fingerprint density at radius 1 is 1.26 bits per heavy atom. The van der Waals surface area contributed by atoms with Gasteiger partial charge in [0.2, 0.25) is 0 Å². The molecule has 1 aromatic carbocycles. The van der Waals surface area contributed by atoms with E-state index >= 15 is 0 Å². The fourth-order valence-electron chi connectivity index (χ4n) is 2.00. The van der Waals surface area contributed by atoms with E-state index in [0.717, 1.165) is 16.2 Å². The Balaban J connectivity index is 1.96. The van der Waals surface area contributed by atoms with Crippen LogP contribution in [0.5, 0.6) is 5.75 Å². The van der Waals surface area contributed by atoms with Crippen molar-refractivity contribution in [1.82, 2.24) is 5.32 Å². The van der Waals surface area contributed by atoms with Crippen LogP contribution in [0.15, 0.2) is 41.8 Å². The molecule has 0 aliphatic heterocycles. The zero-order chi connectivity index (χ0) is 13.7. The van der Waals surface area contributed by atoms with E-state index in [1.54, 1.807) is 18.4 Å². The lowest BCUT2D eigenvalue weighted by atomic mass is 10.1. The van der Waals surface area contributed by atoms with Crippen LogP contribution < -0.4 is 10.1 Å². The number of methoxy groups -OCH3 is 1. The quantitative estimate of drug-likeness (QED) is 0.852. The summed E-state index contributed by atoms with van der Waals surface area (Å²) >= 11 is 1.57. The van der Waals surface area contributed by atoms with Crippen molar-refractivity contribution in [3.05, 3.63) is 52.2 Å². The maximum atomic E-state index is 10.0. The lowest BCUT2D eigenvalue weighted by Gasteiger charge is -2.19. The zero-order valence-electron chi connectivity index (χ0n) is 11.2. The van der Waals surface area contributed by atoms with E-state index in [2.05, 4.69) is 12.2 Å². The number of aliphatic hydroxyl groups is 1. The first-order chi connectivity index (χ1) is 9.22. The van der Waals surface area contributed by atoms with Crippen molar-refractivity contribution in [1.29, 1.82) is 0 Å². The SMILES string of the molecule is COc1ccccc1[C@H](C)NCC(O)c1cccs1. The van der Waals surface area contributed by atoms with Crippen LogP contribution >= 0.6 is 11.3 Å². The van der Waals surface area contributed by atoms with Crippen molar-refractivity contribution in [2.45, 2.75) is 19.1 Å². The van der Waals surface area contributed by atoms with Crippen LogP contribution in [-0.2, 0) is 0 Å². The highest BCUT2D eigenvalue weighted by molar-refractivity contribution is 7.10. The minimum absolute atomic E-state index is 0.130. The van der Waals surface area contributed by atoms with Crippen molar-refractivity contribution in [3.63, 3.8) is 0 Å². The maximum Gasteiger partial charge on any atom is 0.123 e. The predicted octanol–water partition coefficient (Wildman–Crippen LogP) is 3.14. The van der Waals surface area contributed by atoms with Gasteiger partial charge in [-0.2, -0.15) is 0 Å². The van der Waals surface area contributed by atoms with Gasteiger partial charge in [-0.1, -0.05) is 24.3 Å². The molecule has 2 N–H and O–H groups in total. The first-order valence-corrected chi connectivity index (χ1v) is 7.18. The Kier molecular flexibility index (Phi) is 4.96. The van der Waals surface area contributed by atoms with E-state index in [0.29, 0.717) is 6.54 Å². The standard InChI is InChI=1S/C15H19NO2S/c1-11(12-6-3-4-7-14(12)18-2)16-10-13(17)15-8-5-9-19-15/h3-9,11,13,16-17H,10H2,1-2H3/t11-,13?/m0/s1. The number of aliphatic hydroxyl groups excluding tert-OH is 1. The van der Waals surface area contributed by atoms with Gasteiger partial charge in [-0.3, -0.25) is 0 Å². The molecule has 0 aliphatic carbocycles. The van der Waals surface area contributed by atoms with E-state index in [4.69, 9.17) is 4.74 Å². The van der Waals surface area contributed by atoms with Gasteiger partial charge in [-0.15, -0.1) is 11.3 Å². The summed E-state index contributed by atoms with van der Waals surface area (Å²) < 4.78 is 5.35. The molecule has 1 heterocycles. The molecule has 0 radical (unpaired) electrons. The first kappa shape index (κ1) is 14.1. The Morgan fingerprint density at radius 3 is 2.74 bits per heavy atom. The molecule has 0 saturated heterocycles. The number of rotatable bonds is 6. The number of hydrogen-bond donors (Lipinski definition) is 2. The summed E-state index contributed by atoms with van der Waals surface area (Å²) in [6.45, 7) is 2.60. The highest BCUT2D eigenvalue weighted by Gasteiger charge is 2.13. The van der Waals surface area contributed by atoms with Gasteiger partial charge in [0, 0.05) is 23.0 Å². The third-order valence-corrected chi connectivity index (χ3v) is 4.07. The molecular formula is C15H19NO2S. The molecule has 0 bridgehead atoms. The van der Waals surface area contributed by atoms with Crippen molar-refractivity contribution < 1.29 is 9.84 Å². The van der Waals surface area contributed by atoms with E-state index in [9.17, 15) is 5.11 Å². The molecule has 0 fully saturated rings. The zero-order valence-corrected chi connectivity index (χ0v) is 12.0. The summed E-state index contributed by atoms with van der Waals surface area (Å²) in [7, 11) is 1.67. The lowest BCUT2D eigenvalue weighted by molar-refractivity contribution is 0.174. The van der Waals surface area contributed by atoms with Gasteiger partial charge in [-0.25, -0.2) is 0 Å². The molecular weight excluding hydrogens is 258 g/mol. The van der Waals surface area contributed by atoms with Crippen LogP contribution in [0.2, 0.25) is 0 Å². The van der Waals surface area contributed by atoms with Crippen LogP contribution in [0.25, 0.3) is 0 Å². The second-order valence-electron chi connectivity index (χ2n) is 4.40. The number of thiophene rings is 1. The molecule has 2 aromatic rings. The number of ether oxygens (including phenoxy) is 1. The second kappa shape index (κ2) is 6.70.